The molecule has 19 heavy (non-hydrogen) atoms. The molecule has 4 nitrogen and oxygen atoms in total. The fourth-order valence-electron chi connectivity index (χ4n) is 2.18. The Kier molecular flexibility index (Phi) is 4.82. The Labute approximate surface area is 119 Å². The summed E-state index contributed by atoms with van der Waals surface area (Å²) in [6.07, 6.45) is 4.09. The number of aliphatic imine (C=N–C) groups is 1. The van der Waals surface area contributed by atoms with Gasteiger partial charge in [-0.1, -0.05) is 12.8 Å². The molecule has 0 aliphatic carbocycles. The predicted octanol–water partition coefficient (Wildman–Crippen LogP) is 2.99. The fourth-order valence-corrected chi connectivity index (χ4v) is 3.80. The molecule has 2 rings (SSSR count). The van der Waals surface area contributed by atoms with Crippen LogP contribution in [0.15, 0.2) is 34.2 Å². The molecule has 1 aromatic carbocycles. The Hall–Kier alpha value is -1.07. The molecule has 0 aromatic heterocycles. The van der Waals surface area contributed by atoms with E-state index in [-0.39, 0.29) is 0 Å². The second kappa shape index (κ2) is 6.39. The maximum absolute atomic E-state index is 12.5. The lowest BCUT2D eigenvalue weighted by molar-refractivity contribution is 0.424. The first-order valence-electron chi connectivity index (χ1n) is 6.33. The van der Waals surface area contributed by atoms with Crippen molar-refractivity contribution in [1.82, 2.24) is 4.31 Å². The smallest absolute Gasteiger partial charge is 0.207 e. The van der Waals surface area contributed by atoms with Crippen LogP contribution in [0.1, 0.15) is 25.7 Å². The highest BCUT2D eigenvalue weighted by Gasteiger charge is 2.24. The van der Waals surface area contributed by atoms with E-state index in [2.05, 4.69) is 22.4 Å². The van der Waals surface area contributed by atoms with Crippen LogP contribution < -0.4 is 0 Å². The predicted molar refractivity (Wildman–Crippen MR) is 78.4 cm³/mol. The summed E-state index contributed by atoms with van der Waals surface area (Å²) < 4.78 is 26.5. The van der Waals surface area contributed by atoms with Gasteiger partial charge in [0.25, 0.3) is 0 Å². The third-order valence-electron chi connectivity index (χ3n) is 3.21. The zero-order valence-electron chi connectivity index (χ0n) is 10.6. The number of sulfonamides is 1. The van der Waals surface area contributed by atoms with Gasteiger partial charge in [0.05, 0.1) is 15.7 Å². The highest BCUT2D eigenvalue weighted by Crippen LogP contribution is 2.22. The highest BCUT2D eigenvalue weighted by atomic mass is 32.2. The summed E-state index contributed by atoms with van der Waals surface area (Å²) in [6.45, 7) is 1.23. The minimum Gasteiger partial charge on any atom is -0.207 e. The van der Waals surface area contributed by atoms with Gasteiger partial charge in [-0.15, -0.1) is 0 Å². The number of isothiocyanates is 1. The topological polar surface area (TPSA) is 49.7 Å². The summed E-state index contributed by atoms with van der Waals surface area (Å²) in [7, 11) is -3.37. The number of benzene rings is 1. The van der Waals surface area contributed by atoms with Gasteiger partial charge in [0.15, 0.2) is 0 Å². The first kappa shape index (κ1) is 14.3. The van der Waals surface area contributed by atoms with Crippen LogP contribution in [0.4, 0.5) is 5.69 Å². The van der Waals surface area contributed by atoms with Crippen LogP contribution in [-0.2, 0) is 10.0 Å². The first-order valence-corrected chi connectivity index (χ1v) is 8.17. The second-order valence-corrected chi connectivity index (χ2v) is 6.64. The van der Waals surface area contributed by atoms with E-state index in [1.807, 2.05) is 0 Å². The van der Waals surface area contributed by atoms with Gasteiger partial charge in [-0.3, -0.25) is 0 Å². The van der Waals surface area contributed by atoms with Crippen molar-refractivity contribution >= 4 is 33.1 Å². The van der Waals surface area contributed by atoms with E-state index in [0.29, 0.717) is 23.7 Å². The van der Waals surface area contributed by atoms with E-state index in [1.54, 1.807) is 28.6 Å². The van der Waals surface area contributed by atoms with Crippen molar-refractivity contribution in [3.8, 4) is 0 Å². The van der Waals surface area contributed by atoms with Gasteiger partial charge >= 0.3 is 0 Å². The van der Waals surface area contributed by atoms with Gasteiger partial charge in [0, 0.05) is 13.1 Å². The minimum atomic E-state index is -3.37. The fraction of sp³-hybridized carbons (Fsp3) is 0.462. The Morgan fingerprint density at radius 3 is 2.16 bits per heavy atom. The van der Waals surface area contributed by atoms with Crippen molar-refractivity contribution in [2.24, 2.45) is 4.99 Å². The minimum absolute atomic E-state index is 0.317. The molecule has 0 N–H and O–H groups in total. The Morgan fingerprint density at radius 1 is 1.05 bits per heavy atom. The normalized spacial score (nSPS) is 17.5. The molecule has 0 unspecified atom stereocenters. The van der Waals surface area contributed by atoms with Gasteiger partial charge < -0.3 is 0 Å². The van der Waals surface area contributed by atoms with Crippen LogP contribution in [-0.4, -0.2) is 31.0 Å². The summed E-state index contributed by atoms with van der Waals surface area (Å²) in [5.41, 5.74) is 0.616. The number of hydrogen-bond donors (Lipinski definition) is 0. The number of nitrogens with zero attached hydrogens (tertiary/aromatic N) is 2. The van der Waals surface area contributed by atoms with Crippen molar-refractivity contribution in [2.45, 2.75) is 30.6 Å². The lowest BCUT2D eigenvalue weighted by Crippen LogP contribution is -2.31. The van der Waals surface area contributed by atoms with Crippen LogP contribution >= 0.6 is 12.2 Å². The van der Waals surface area contributed by atoms with Gasteiger partial charge in [0.1, 0.15) is 0 Å². The summed E-state index contributed by atoms with van der Waals surface area (Å²) >= 11 is 4.51. The Balaban J connectivity index is 2.25. The van der Waals surface area contributed by atoms with Crippen LogP contribution in [0.3, 0.4) is 0 Å². The van der Waals surface area contributed by atoms with Gasteiger partial charge in [-0.05, 0) is 49.3 Å². The summed E-state index contributed by atoms with van der Waals surface area (Å²) in [5, 5.41) is 2.26. The van der Waals surface area contributed by atoms with Crippen LogP contribution in [0.5, 0.6) is 0 Å². The standard InChI is InChI=1S/C13H16N2O2S2/c16-19(17,15-9-3-1-2-4-10-15)13-7-5-12(6-8-13)14-11-18/h5-8H,1-4,9-10H2. The molecular formula is C13H16N2O2S2. The zero-order chi connectivity index (χ0) is 13.7. The molecule has 1 aliphatic rings. The number of rotatable bonds is 3. The van der Waals surface area contributed by atoms with Gasteiger partial charge in [0.2, 0.25) is 10.0 Å². The molecule has 1 aromatic rings. The third-order valence-corrected chi connectivity index (χ3v) is 5.22. The number of thiocarbonyl (C=S) groups is 1. The van der Waals surface area contributed by atoms with Gasteiger partial charge in [-0.2, -0.15) is 9.30 Å². The molecule has 0 radical (unpaired) electrons. The van der Waals surface area contributed by atoms with E-state index in [4.69, 9.17) is 0 Å². The lowest BCUT2D eigenvalue weighted by atomic mass is 10.2. The summed E-state index contributed by atoms with van der Waals surface area (Å²) in [4.78, 5) is 4.13. The largest absolute Gasteiger partial charge is 0.243 e. The molecule has 1 fully saturated rings. The van der Waals surface area contributed by atoms with E-state index in [0.717, 1.165) is 25.7 Å². The molecule has 0 bridgehead atoms. The molecule has 1 heterocycles. The second-order valence-electron chi connectivity index (χ2n) is 4.52. The molecule has 102 valence electrons. The lowest BCUT2D eigenvalue weighted by Gasteiger charge is -2.19. The van der Waals surface area contributed by atoms with Crippen LogP contribution in [0.2, 0.25) is 0 Å². The van der Waals surface area contributed by atoms with E-state index in [1.165, 1.54) is 0 Å². The van der Waals surface area contributed by atoms with Crippen molar-refractivity contribution < 1.29 is 8.42 Å². The first-order chi connectivity index (χ1) is 9.14. The molecule has 0 spiro atoms. The van der Waals surface area contributed by atoms with E-state index in [9.17, 15) is 8.42 Å². The Morgan fingerprint density at radius 2 is 1.63 bits per heavy atom. The molecule has 1 aliphatic heterocycles. The maximum Gasteiger partial charge on any atom is 0.243 e. The third kappa shape index (κ3) is 3.48. The molecule has 0 atom stereocenters. The number of hydrogen-bond acceptors (Lipinski definition) is 4. The van der Waals surface area contributed by atoms with Crippen molar-refractivity contribution in [3.05, 3.63) is 24.3 Å². The SMILES string of the molecule is O=S(=O)(c1ccc(N=C=S)cc1)N1CCCCCC1. The van der Waals surface area contributed by atoms with Crippen LogP contribution in [0.25, 0.3) is 0 Å². The van der Waals surface area contributed by atoms with Crippen molar-refractivity contribution in [1.29, 1.82) is 0 Å². The highest BCUT2D eigenvalue weighted by molar-refractivity contribution is 7.89. The molecular weight excluding hydrogens is 280 g/mol. The molecule has 1 saturated heterocycles. The quantitative estimate of drug-likeness (QED) is 0.636. The zero-order valence-corrected chi connectivity index (χ0v) is 12.2. The molecule has 0 saturated carbocycles. The average Bonchev–Trinajstić information content (AvgIpc) is 2.69. The summed E-state index contributed by atoms with van der Waals surface area (Å²) in [6, 6.07) is 6.44. The van der Waals surface area contributed by atoms with Crippen molar-refractivity contribution in [3.63, 3.8) is 0 Å². The summed E-state index contributed by atoms with van der Waals surface area (Å²) in [5.74, 6) is 0. The van der Waals surface area contributed by atoms with E-state index < -0.39 is 10.0 Å². The van der Waals surface area contributed by atoms with Crippen molar-refractivity contribution in [2.75, 3.05) is 13.1 Å². The molecule has 0 amide bonds. The Bertz CT molecular complexity index is 567. The van der Waals surface area contributed by atoms with E-state index >= 15 is 0 Å². The average molecular weight is 296 g/mol. The maximum atomic E-state index is 12.5. The molecule has 6 heteroatoms. The van der Waals surface area contributed by atoms with Crippen LogP contribution in [0, 0.1) is 0 Å². The van der Waals surface area contributed by atoms with Gasteiger partial charge in [-0.25, -0.2) is 8.42 Å². The monoisotopic (exact) mass is 296 g/mol.